The van der Waals surface area contributed by atoms with Crippen LogP contribution in [0.1, 0.15) is 42.5 Å². The third-order valence-corrected chi connectivity index (χ3v) is 3.96. The van der Waals surface area contributed by atoms with Crippen LogP contribution >= 0.6 is 0 Å². The van der Waals surface area contributed by atoms with Crippen molar-refractivity contribution in [2.75, 3.05) is 7.11 Å². The lowest BCUT2D eigenvalue weighted by molar-refractivity contribution is 0.0927. The highest BCUT2D eigenvalue weighted by molar-refractivity contribution is 5.99. The highest BCUT2D eigenvalue weighted by Crippen LogP contribution is 2.28. The molecule has 0 atom stereocenters. The van der Waals surface area contributed by atoms with Gasteiger partial charge >= 0.3 is 0 Å². The number of carbonyl (C=O) groups excluding carboxylic acids is 1. The average molecular weight is 273 g/mol. The third kappa shape index (κ3) is 2.50. The van der Waals surface area contributed by atoms with Crippen LogP contribution in [0.4, 0.5) is 0 Å². The van der Waals surface area contributed by atoms with Crippen molar-refractivity contribution >= 4 is 16.9 Å². The predicted octanol–water partition coefficient (Wildman–Crippen LogP) is 3.50. The first-order chi connectivity index (χ1) is 9.78. The van der Waals surface area contributed by atoms with Gasteiger partial charge in [-0.05, 0) is 31.0 Å². The normalized spacial score (nSPS) is 16.2. The average Bonchev–Trinajstić information content (AvgIpc) is 2.95. The zero-order valence-corrected chi connectivity index (χ0v) is 11.6. The monoisotopic (exact) mass is 273 g/mol. The van der Waals surface area contributed by atoms with Crippen molar-refractivity contribution in [1.82, 2.24) is 5.32 Å². The minimum atomic E-state index is -0.0477. The van der Waals surface area contributed by atoms with Crippen molar-refractivity contribution in [3.8, 4) is 5.75 Å². The van der Waals surface area contributed by atoms with E-state index in [1.165, 1.54) is 19.3 Å². The van der Waals surface area contributed by atoms with Gasteiger partial charge in [-0.15, -0.1) is 0 Å². The van der Waals surface area contributed by atoms with E-state index in [9.17, 15) is 4.79 Å². The van der Waals surface area contributed by atoms with Crippen molar-refractivity contribution < 1.29 is 13.9 Å². The largest absolute Gasteiger partial charge is 0.496 e. The van der Waals surface area contributed by atoms with E-state index in [4.69, 9.17) is 9.15 Å². The van der Waals surface area contributed by atoms with Crippen LogP contribution in [0.5, 0.6) is 5.75 Å². The number of carbonyl (C=O) groups is 1. The molecule has 0 aliphatic heterocycles. The lowest BCUT2D eigenvalue weighted by Gasteiger charge is -2.22. The summed E-state index contributed by atoms with van der Waals surface area (Å²) in [5.74, 6) is 0.624. The van der Waals surface area contributed by atoms with Gasteiger partial charge in [0.25, 0.3) is 5.91 Å². The summed E-state index contributed by atoms with van der Waals surface area (Å²) in [7, 11) is 1.60. The SMILES string of the molecule is COc1cc(C(=O)NC2CCCCC2)cc2occc12. The Morgan fingerprint density at radius 2 is 2.10 bits per heavy atom. The molecule has 1 saturated carbocycles. The zero-order valence-electron chi connectivity index (χ0n) is 11.6. The number of nitrogens with one attached hydrogen (secondary N) is 1. The van der Waals surface area contributed by atoms with Crippen molar-refractivity contribution in [1.29, 1.82) is 0 Å². The smallest absolute Gasteiger partial charge is 0.251 e. The molecule has 1 aromatic heterocycles. The fourth-order valence-electron chi connectivity index (χ4n) is 2.85. The third-order valence-electron chi connectivity index (χ3n) is 3.96. The molecule has 2 aromatic rings. The van der Waals surface area contributed by atoms with Crippen LogP contribution in [0.15, 0.2) is 28.9 Å². The maximum atomic E-state index is 12.3. The lowest BCUT2D eigenvalue weighted by Crippen LogP contribution is -2.36. The van der Waals surface area contributed by atoms with Gasteiger partial charge in [0.15, 0.2) is 0 Å². The van der Waals surface area contributed by atoms with Gasteiger partial charge in [-0.25, -0.2) is 0 Å². The van der Waals surface area contributed by atoms with Crippen molar-refractivity contribution in [2.45, 2.75) is 38.1 Å². The standard InChI is InChI=1S/C16H19NO3/c1-19-14-9-11(10-15-13(14)7-8-20-15)16(18)17-12-5-3-2-4-6-12/h7-10,12H,2-6H2,1H3,(H,17,18). The Labute approximate surface area is 118 Å². The quantitative estimate of drug-likeness (QED) is 0.931. The Morgan fingerprint density at radius 3 is 2.85 bits per heavy atom. The number of benzene rings is 1. The molecule has 1 aliphatic carbocycles. The van der Waals surface area contributed by atoms with E-state index in [0.717, 1.165) is 18.2 Å². The molecule has 1 aromatic carbocycles. The predicted molar refractivity (Wildman–Crippen MR) is 77.1 cm³/mol. The second kappa shape index (κ2) is 5.57. The van der Waals surface area contributed by atoms with Gasteiger partial charge in [-0.1, -0.05) is 19.3 Å². The Hall–Kier alpha value is -1.97. The fourth-order valence-corrected chi connectivity index (χ4v) is 2.85. The van der Waals surface area contributed by atoms with E-state index in [1.54, 1.807) is 25.5 Å². The number of fused-ring (bicyclic) bond motifs is 1. The summed E-state index contributed by atoms with van der Waals surface area (Å²) in [5, 5.41) is 4.00. The van der Waals surface area contributed by atoms with E-state index >= 15 is 0 Å². The first-order valence-corrected chi connectivity index (χ1v) is 7.14. The highest BCUT2D eigenvalue weighted by Gasteiger charge is 2.18. The Kier molecular flexibility index (Phi) is 3.63. The first kappa shape index (κ1) is 13.0. The van der Waals surface area contributed by atoms with E-state index in [0.29, 0.717) is 22.9 Å². The molecule has 20 heavy (non-hydrogen) atoms. The lowest BCUT2D eigenvalue weighted by atomic mass is 9.95. The number of ether oxygens (including phenoxy) is 1. The van der Waals surface area contributed by atoms with Gasteiger partial charge in [0.2, 0.25) is 0 Å². The van der Waals surface area contributed by atoms with Crippen LogP contribution in [0.25, 0.3) is 11.0 Å². The van der Waals surface area contributed by atoms with Gasteiger partial charge < -0.3 is 14.5 Å². The van der Waals surface area contributed by atoms with Crippen LogP contribution in [0.3, 0.4) is 0 Å². The second-order valence-corrected chi connectivity index (χ2v) is 5.32. The van der Waals surface area contributed by atoms with E-state index in [2.05, 4.69) is 5.32 Å². The van der Waals surface area contributed by atoms with Crippen molar-refractivity contribution in [3.63, 3.8) is 0 Å². The summed E-state index contributed by atoms with van der Waals surface area (Å²) in [4.78, 5) is 12.3. The van der Waals surface area contributed by atoms with Crippen LogP contribution in [0, 0.1) is 0 Å². The summed E-state index contributed by atoms with van der Waals surface area (Å²) in [6, 6.07) is 5.69. The number of amides is 1. The van der Waals surface area contributed by atoms with Gasteiger partial charge in [-0.3, -0.25) is 4.79 Å². The first-order valence-electron chi connectivity index (χ1n) is 7.14. The van der Waals surface area contributed by atoms with Crippen LogP contribution in [-0.2, 0) is 0 Å². The number of furan rings is 1. The molecule has 3 rings (SSSR count). The number of hydrogen-bond acceptors (Lipinski definition) is 3. The number of rotatable bonds is 3. The second-order valence-electron chi connectivity index (χ2n) is 5.32. The molecule has 4 nitrogen and oxygen atoms in total. The topological polar surface area (TPSA) is 51.5 Å². The molecule has 0 unspecified atom stereocenters. The summed E-state index contributed by atoms with van der Waals surface area (Å²) in [5.41, 5.74) is 1.27. The minimum absolute atomic E-state index is 0.0477. The molecule has 0 bridgehead atoms. The molecule has 1 fully saturated rings. The van der Waals surface area contributed by atoms with Gasteiger partial charge in [-0.2, -0.15) is 0 Å². The molecule has 0 saturated heterocycles. The van der Waals surface area contributed by atoms with Crippen LogP contribution in [0.2, 0.25) is 0 Å². The van der Waals surface area contributed by atoms with Gasteiger partial charge in [0.05, 0.1) is 18.8 Å². The summed E-state index contributed by atoms with van der Waals surface area (Å²) >= 11 is 0. The maximum Gasteiger partial charge on any atom is 0.251 e. The van der Waals surface area contributed by atoms with Gasteiger partial charge in [0, 0.05) is 11.6 Å². The molecular weight excluding hydrogens is 254 g/mol. The Morgan fingerprint density at radius 1 is 1.30 bits per heavy atom. The molecule has 0 spiro atoms. The molecule has 0 radical (unpaired) electrons. The molecular formula is C16H19NO3. The molecule has 1 N–H and O–H groups in total. The summed E-state index contributed by atoms with van der Waals surface area (Å²) in [6.45, 7) is 0. The molecule has 1 amide bonds. The molecule has 4 heteroatoms. The summed E-state index contributed by atoms with van der Waals surface area (Å²) in [6.07, 6.45) is 7.43. The van der Waals surface area contributed by atoms with Crippen LogP contribution < -0.4 is 10.1 Å². The van der Waals surface area contributed by atoms with Crippen LogP contribution in [-0.4, -0.2) is 19.1 Å². The van der Waals surface area contributed by atoms with Crippen molar-refractivity contribution in [3.05, 3.63) is 30.0 Å². The molecule has 1 heterocycles. The highest BCUT2D eigenvalue weighted by atomic mass is 16.5. The molecule has 106 valence electrons. The summed E-state index contributed by atoms with van der Waals surface area (Å²) < 4.78 is 10.7. The van der Waals surface area contributed by atoms with Gasteiger partial charge in [0.1, 0.15) is 11.3 Å². The zero-order chi connectivity index (χ0) is 13.9. The number of methoxy groups -OCH3 is 1. The van der Waals surface area contributed by atoms with Crippen molar-refractivity contribution in [2.24, 2.45) is 0 Å². The minimum Gasteiger partial charge on any atom is -0.496 e. The fraction of sp³-hybridized carbons (Fsp3) is 0.438. The van der Waals surface area contributed by atoms with E-state index < -0.39 is 0 Å². The van der Waals surface area contributed by atoms with E-state index in [-0.39, 0.29) is 5.91 Å². The Bertz CT molecular complexity index is 611. The van der Waals surface area contributed by atoms with E-state index in [1.807, 2.05) is 6.07 Å². The maximum absolute atomic E-state index is 12.3. The Balaban J connectivity index is 1.83. The number of hydrogen-bond donors (Lipinski definition) is 1. The molecule has 1 aliphatic rings.